The molecular weight excluding hydrogens is 340 g/mol. The average molecular weight is 368 g/mol. The highest BCUT2D eigenvalue weighted by atomic mass is 16.5. The number of amides is 1. The molecule has 2 saturated heterocycles. The molecule has 2 aliphatic rings. The Morgan fingerprint density at radius 1 is 1.11 bits per heavy atom. The number of carbonyl (C=O) groups is 1. The number of piperidine rings is 2. The highest BCUT2D eigenvalue weighted by Gasteiger charge is 2.29. The van der Waals surface area contributed by atoms with E-state index in [9.17, 15) is 4.79 Å². The van der Waals surface area contributed by atoms with Crippen molar-refractivity contribution in [1.82, 2.24) is 19.9 Å². The lowest BCUT2D eigenvalue weighted by Crippen LogP contribution is -2.44. The third kappa shape index (κ3) is 4.21. The van der Waals surface area contributed by atoms with Gasteiger partial charge in [0, 0.05) is 24.6 Å². The van der Waals surface area contributed by atoms with Crippen molar-refractivity contribution in [1.29, 1.82) is 0 Å². The first-order valence-electron chi connectivity index (χ1n) is 10.1. The van der Waals surface area contributed by atoms with Crippen molar-refractivity contribution in [2.75, 3.05) is 26.2 Å². The molecule has 1 aromatic carbocycles. The molecular formula is C21H28N4O2. The third-order valence-corrected chi connectivity index (χ3v) is 5.82. The Balaban J connectivity index is 1.31. The first-order valence-corrected chi connectivity index (χ1v) is 10.1. The van der Waals surface area contributed by atoms with Crippen LogP contribution in [0, 0.1) is 12.8 Å². The fourth-order valence-corrected chi connectivity index (χ4v) is 4.15. The minimum Gasteiger partial charge on any atom is -0.342 e. The zero-order valence-electron chi connectivity index (χ0n) is 16.1. The number of benzene rings is 1. The molecule has 0 atom stereocenters. The van der Waals surface area contributed by atoms with E-state index in [0.717, 1.165) is 63.0 Å². The third-order valence-electron chi connectivity index (χ3n) is 5.82. The van der Waals surface area contributed by atoms with Crippen LogP contribution >= 0.6 is 0 Å². The number of aryl methyl sites for hydroxylation is 1. The summed E-state index contributed by atoms with van der Waals surface area (Å²) in [5.41, 5.74) is 2.15. The lowest BCUT2D eigenvalue weighted by molar-refractivity contribution is -0.138. The first kappa shape index (κ1) is 18.2. The van der Waals surface area contributed by atoms with E-state index >= 15 is 0 Å². The summed E-state index contributed by atoms with van der Waals surface area (Å²) in [5, 5.41) is 4.14. The van der Waals surface area contributed by atoms with Gasteiger partial charge in [-0.3, -0.25) is 9.69 Å². The van der Waals surface area contributed by atoms with Gasteiger partial charge in [-0.15, -0.1) is 0 Å². The second-order valence-electron chi connectivity index (χ2n) is 7.76. The summed E-state index contributed by atoms with van der Waals surface area (Å²) in [6, 6.07) is 8.06. The predicted molar refractivity (Wildman–Crippen MR) is 103 cm³/mol. The van der Waals surface area contributed by atoms with Crippen LogP contribution in [0.5, 0.6) is 0 Å². The number of rotatable bonds is 4. The maximum atomic E-state index is 12.7. The van der Waals surface area contributed by atoms with E-state index in [4.69, 9.17) is 4.52 Å². The molecule has 2 fully saturated rings. The fraction of sp³-hybridized carbons (Fsp3) is 0.571. The molecule has 0 spiro atoms. The summed E-state index contributed by atoms with van der Waals surface area (Å²) < 4.78 is 5.47. The van der Waals surface area contributed by atoms with Gasteiger partial charge in [-0.25, -0.2) is 0 Å². The van der Waals surface area contributed by atoms with Crippen molar-refractivity contribution in [3.05, 3.63) is 35.7 Å². The molecule has 0 aliphatic carbocycles. The number of aromatic nitrogens is 2. The van der Waals surface area contributed by atoms with Crippen LogP contribution in [0.3, 0.4) is 0 Å². The van der Waals surface area contributed by atoms with Crippen LogP contribution in [0.15, 0.2) is 28.8 Å². The standard InChI is InChI=1S/C21H28N4O2/c1-16-7-3-4-8-18(16)20-22-19(27-23-20)15-24-13-9-17(10-14-24)21(26)25-11-5-2-6-12-25/h3-4,7-8,17H,2,5-6,9-15H2,1H3. The second-order valence-corrected chi connectivity index (χ2v) is 7.76. The zero-order valence-corrected chi connectivity index (χ0v) is 16.1. The highest BCUT2D eigenvalue weighted by Crippen LogP contribution is 2.24. The number of hydrogen-bond donors (Lipinski definition) is 0. The van der Waals surface area contributed by atoms with Crippen LogP contribution in [0.4, 0.5) is 0 Å². The largest absolute Gasteiger partial charge is 0.342 e. The summed E-state index contributed by atoms with van der Waals surface area (Å²) in [6.07, 6.45) is 5.43. The van der Waals surface area contributed by atoms with E-state index in [-0.39, 0.29) is 5.92 Å². The topological polar surface area (TPSA) is 62.5 Å². The number of nitrogens with zero attached hydrogens (tertiary/aromatic N) is 4. The van der Waals surface area contributed by atoms with Crippen molar-refractivity contribution in [2.24, 2.45) is 5.92 Å². The van der Waals surface area contributed by atoms with Gasteiger partial charge in [0.25, 0.3) is 0 Å². The van der Waals surface area contributed by atoms with Gasteiger partial charge < -0.3 is 9.42 Å². The van der Waals surface area contributed by atoms with Crippen molar-refractivity contribution in [3.8, 4) is 11.4 Å². The summed E-state index contributed by atoms with van der Waals surface area (Å²) in [7, 11) is 0. The van der Waals surface area contributed by atoms with E-state index in [1.807, 2.05) is 18.2 Å². The van der Waals surface area contributed by atoms with E-state index in [1.165, 1.54) is 6.42 Å². The van der Waals surface area contributed by atoms with Crippen molar-refractivity contribution in [2.45, 2.75) is 45.6 Å². The predicted octanol–water partition coefficient (Wildman–Crippen LogP) is 3.27. The molecule has 3 heterocycles. The number of carbonyl (C=O) groups excluding carboxylic acids is 1. The molecule has 0 N–H and O–H groups in total. The van der Waals surface area contributed by atoms with E-state index in [1.54, 1.807) is 0 Å². The lowest BCUT2D eigenvalue weighted by Gasteiger charge is -2.35. The summed E-state index contributed by atoms with van der Waals surface area (Å²) in [6.45, 7) is 6.42. The molecule has 27 heavy (non-hydrogen) atoms. The second kappa shape index (κ2) is 8.21. The number of hydrogen-bond acceptors (Lipinski definition) is 5. The molecule has 6 heteroatoms. The molecule has 0 saturated carbocycles. The Morgan fingerprint density at radius 3 is 2.59 bits per heavy atom. The molecule has 2 aliphatic heterocycles. The maximum absolute atomic E-state index is 12.7. The smallest absolute Gasteiger partial charge is 0.241 e. The SMILES string of the molecule is Cc1ccccc1-c1noc(CN2CCC(C(=O)N3CCCCC3)CC2)n1. The molecule has 0 radical (unpaired) electrons. The molecule has 144 valence electrons. The van der Waals surface area contributed by atoms with Crippen molar-refractivity contribution in [3.63, 3.8) is 0 Å². The van der Waals surface area contributed by atoms with Gasteiger partial charge in [-0.05, 0) is 57.7 Å². The van der Waals surface area contributed by atoms with Gasteiger partial charge in [0.15, 0.2) is 0 Å². The lowest BCUT2D eigenvalue weighted by atomic mass is 9.94. The van der Waals surface area contributed by atoms with Crippen LogP contribution in [-0.4, -0.2) is 52.0 Å². The monoisotopic (exact) mass is 368 g/mol. The van der Waals surface area contributed by atoms with E-state index in [0.29, 0.717) is 24.2 Å². The van der Waals surface area contributed by atoms with Gasteiger partial charge in [0.1, 0.15) is 0 Å². The number of likely N-dealkylation sites (tertiary alicyclic amines) is 2. The maximum Gasteiger partial charge on any atom is 0.241 e. The van der Waals surface area contributed by atoms with Crippen molar-refractivity contribution < 1.29 is 9.32 Å². The van der Waals surface area contributed by atoms with Gasteiger partial charge in [-0.1, -0.05) is 29.4 Å². The first-order chi connectivity index (χ1) is 13.2. The molecule has 0 unspecified atom stereocenters. The van der Waals surface area contributed by atoms with Gasteiger partial charge in [0.2, 0.25) is 17.6 Å². The van der Waals surface area contributed by atoms with Gasteiger partial charge >= 0.3 is 0 Å². The summed E-state index contributed by atoms with van der Waals surface area (Å²) >= 11 is 0. The van der Waals surface area contributed by atoms with E-state index in [2.05, 4.69) is 32.9 Å². The average Bonchev–Trinajstić information content (AvgIpc) is 3.17. The Morgan fingerprint density at radius 2 is 1.85 bits per heavy atom. The summed E-state index contributed by atoms with van der Waals surface area (Å²) in [5.74, 6) is 1.85. The molecule has 6 nitrogen and oxygen atoms in total. The van der Waals surface area contributed by atoms with E-state index < -0.39 is 0 Å². The molecule has 4 rings (SSSR count). The Labute approximate surface area is 160 Å². The van der Waals surface area contributed by atoms with Crippen molar-refractivity contribution >= 4 is 5.91 Å². The zero-order chi connectivity index (χ0) is 18.6. The van der Waals surface area contributed by atoms with Gasteiger partial charge in [0.05, 0.1) is 6.54 Å². The minimum atomic E-state index is 0.185. The molecule has 1 amide bonds. The Kier molecular flexibility index (Phi) is 5.53. The highest BCUT2D eigenvalue weighted by molar-refractivity contribution is 5.79. The molecule has 2 aromatic rings. The fourth-order valence-electron chi connectivity index (χ4n) is 4.15. The Hall–Kier alpha value is -2.21. The Bertz CT molecular complexity index is 774. The molecule has 1 aromatic heterocycles. The minimum absolute atomic E-state index is 0.185. The van der Waals surface area contributed by atoms with Gasteiger partial charge in [-0.2, -0.15) is 4.98 Å². The van der Waals surface area contributed by atoms with Crippen LogP contribution in [-0.2, 0) is 11.3 Å². The summed E-state index contributed by atoms with van der Waals surface area (Å²) in [4.78, 5) is 21.6. The van der Waals surface area contributed by atoms with Crippen LogP contribution in [0.25, 0.3) is 11.4 Å². The van der Waals surface area contributed by atoms with Crippen LogP contribution < -0.4 is 0 Å². The quantitative estimate of drug-likeness (QED) is 0.829. The van der Waals surface area contributed by atoms with Crippen LogP contribution in [0.2, 0.25) is 0 Å². The molecule has 0 bridgehead atoms. The van der Waals surface area contributed by atoms with Crippen LogP contribution in [0.1, 0.15) is 43.6 Å². The normalized spacial score (nSPS) is 19.4.